The number of carbonyl (C=O) groups is 1. The van der Waals surface area contributed by atoms with Crippen molar-refractivity contribution in [2.24, 2.45) is 11.7 Å². The van der Waals surface area contributed by atoms with Gasteiger partial charge < -0.3 is 11.1 Å². The van der Waals surface area contributed by atoms with Crippen LogP contribution < -0.4 is 11.1 Å². The predicted molar refractivity (Wildman–Crippen MR) is 67.4 cm³/mol. The van der Waals surface area contributed by atoms with Crippen molar-refractivity contribution in [2.45, 2.75) is 70.1 Å². The van der Waals surface area contributed by atoms with Gasteiger partial charge in [-0.15, -0.1) is 0 Å². The van der Waals surface area contributed by atoms with Crippen LogP contribution in [0.5, 0.6) is 0 Å². The Hall–Kier alpha value is -0.780. The Morgan fingerprint density at radius 2 is 1.89 bits per heavy atom. The fourth-order valence-corrected chi connectivity index (χ4v) is 2.66. The SMILES string of the molecule is CCCC(C)(N)C(=O)NC1CCCCC1C(F)(F)F. The zero-order chi connectivity index (χ0) is 14.7. The van der Waals surface area contributed by atoms with Gasteiger partial charge in [0.1, 0.15) is 0 Å². The second-order valence-electron chi connectivity index (χ2n) is 5.68. The number of hydrogen-bond acceptors (Lipinski definition) is 2. The summed E-state index contributed by atoms with van der Waals surface area (Å²) in [5, 5.41) is 2.52. The zero-order valence-corrected chi connectivity index (χ0v) is 11.5. The van der Waals surface area contributed by atoms with Crippen molar-refractivity contribution >= 4 is 5.91 Å². The first kappa shape index (κ1) is 16.3. The van der Waals surface area contributed by atoms with Crippen LogP contribution in [0.4, 0.5) is 13.2 Å². The molecule has 3 N–H and O–H groups in total. The maximum atomic E-state index is 12.9. The van der Waals surface area contributed by atoms with Gasteiger partial charge in [0.15, 0.2) is 0 Å². The fourth-order valence-electron chi connectivity index (χ4n) is 2.66. The Morgan fingerprint density at radius 1 is 1.32 bits per heavy atom. The molecule has 3 atom stereocenters. The second-order valence-corrected chi connectivity index (χ2v) is 5.68. The fraction of sp³-hybridized carbons (Fsp3) is 0.923. The van der Waals surface area contributed by atoms with Crippen LogP contribution in [-0.2, 0) is 4.79 Å². The van der Waals surface area contributed by atoms with Gasteiger partial charge in [-0.1, -0.05) is 26.2 Å². The number of rotatable bonds is 4. The highest BCUT2D eigenvalue weighted by Crippen LogP contribution is 2.37. The average Bonchev–Trinajstić information content (AvgIpc) is 2.28. The normalized spacial score (nSPS) is 27.7. The molecule has 1 saturated carbocycles. The van der Waals surface area contributed by atoms with Crippen molar-refractivity contribution < 1.29 is 18.0 Å². The van der Waals surface area contributed by atoms with Crippen LogP contribution >= 0.6 is 0 Å². The molecular weight excluding hydrogens is 257 g/mol. The first-order valence-corrected chi connectivity index (χ1v) is 6.85. The van der Waals surface area contributed by atoms with Crippen LogP contribution in [0.15, 0.2) is 0 Å². The summed E-state index contributed by atoms with van der Waals surface area (Å²) in [6.45, 7) is 3.45. The lowest BCUT2D eigenvalue weighted by atomic mass is 9.83. The first-order chi connectivity index (χ1) is 8.68. The molecule has 0 saturated heterocycles. The lowest BCUT2D eigenvalue weighted by Gasteiger charge is -2.35. The minimum absolute atomic E-state index is 0.0868. The summed E-state index contributed by atoms with van der Waals surface area (Å²) in [6, 6.07) is -0.832. The van der Waals surface area contributed by atoms with E-state index < -0.39 is 29.6 Å². The zero-order valence-electron chi connectivity index (χ0n) is 11.5. The van der Waals surface area contributed by atoms with Crippen molar-refractivity contribution in [3.05, 3.63) is 0 Å². The molecule has 19 heavy (non-hydrogen) atoms. The molecule has 0 aromatic rings. The molecule has 6 heteroatoms. The van der Waals surface area contributed by atoms with Crippen molar-refractivity contribution in [1.82, 2.24) is 5.32 Å². The van der Waals surface area contributed by atoms with Crippen molar-refractivity contribution in [3.63, 3.8) is 0 Å². The van der Waals surface area contributed by atoms with Crippen LogP contribution in [0.2, 0.25) is 0 Å². The van der Waals surface area contributed by atoms with Gasteiger partial charge in [0.05, 0.1) is 11.5 Å². The van der Waals surface area contributed by atoms with Gasteiger partial charge in [0, 0.05) is 6.04 Å². The molecule has 0 aromatic heterocycles. The minimum Gasteiger partial charge on any atom is -0.351 e. The number of alkyl halides is 3. The number of amides is 1. The topological polar surface area (TPSA) is 55.1 Å². The number of carbonyl (C=O) groups excluding carboxylic acids is 1. The van der Waals surface area contributed by atoms with Crippen molar-refractivity contribution in [3.8, 4) is 0 Å². The van der Waals surface area contributed by atoms with Crippen LogP contribution in [0.3, 0.4) is 0 Å². The molecule has 1 amide bonds. The second kappa shape index (κ2) is 6.11. The molecule has 1 aliphatic rings. The van der Waals surface area contributed by atoms with E-state index in [-0.39, 0.29) is 6.42 Å². The maximum absolute atomic E-state index is 12.9. The van der Waals surface area contributed by atoms with Gasteiger partial charge in [-0.25, -0.2) is 0 Å². The Kier molecular flexibility index (Phi) is 5.24. The molecule has 0 heterocycles. The summed E-state index contributed by atoms with van der Waals surface area (Å²) >= 11 is 0. The van der Waals surface area contributed by atoms with Crippen LogP contribution in [0.1, 0.15) is 52.4 Å². The largest absolute Gasteiger partial charge is 0.393 e. The van der Waals surface area contributed by atoms with Gasteiger partial charge in [-0.3, -0.25) is 4.79 Å². The number of nitrogens with two attached hydrogens (primary N) is 1. The minimum atomic E-state index is -4.26. The van der Waals surface area contributed by atoms with Gasteiger partial charge in [-0.05, 0) is 26.2 Å². The number of halogens is 3. The molecule has 0 radical (unpaired) electrons. The van der Waals surface area contributed by atoms with Crippen LogP contribution in [-0.4, -0.2) is 23.7 Å². The van der Waals surface area contributed by atoms with Crippen molar-refractivity contribution in [1.29, 1.82) is 0 Å². The Labute approximate surface area is 112 Å². The third-order valence-electron chi connectivity index (χ3n) is 3.79. The molecule has 112 valence electrons. The molecule has 0 bridgehead atoms. The molecule has 3 unspecified atom stereocenters. The summed E-state index contributed by atoms with van der Waals surface area (Å²) in [5.74, 6) is -1.92. The van der Waals surface area contributed by atoms with E-state index in [1.54, 1.807) is 6.92 Å². The van der Waals surface area contributed by atoms with Gasteiger partial charge in [-0.2, -0.15) is 13.2 Å². The van der Waals surface area contributed by atoms with E-state index in [9.17, 15) is 18.0 Å². The standard InChI is InChI=1S/C13H23F3N2O/c1-3-8-12(2,17)11(19)18-10-7-5-4-6-9(10)13(14,15)16/h9-10H,3-8,17H2,1-2H3,(H,18,19). The molecular formula is C13H23F3N2O. The lowest BCUT2D eigenvalue weighted by Crippen LogP contribution is -2.57. The van der Waals surface area contributed by atoms with E-state index >= 15 is 0 Å². The lowest BCUT2D eigenvalue weighted by molar-refractivity contribution is -0.189. The molecule has 0 aliphatic heterocycles. The summed E-state index contributed by atoms with van der Waals surface area (Å²) in [4.78, 5) is 12.0. The number of nitrogens with one attached hydrogen (secondary N) is 1. The van der Waals surface area contributed by atoms with E-state index in [0.29, 0.717) is 32.1 Å². The van der Waals surface area contributed by atoms with E-state index in [0.717, 1.165) is 0 Å². The van der Waals surface area contributed by atoms with Crippen LogP contribution in [0, 0.1) is 5.92 Å². The maximum Gasteiger partial charge on any atom is 0.393 e. The van der Waals surface area contributed by atoms with E-state index in [1.165, 1.54) is 0 Å². The molecule has 0 aromatic carbocycles. The van der Waals surface area contributed by atoms with Gasteiger partial charge in [0.2, 0.25) is 5.91 Å². The van der Waals surface area contributed by atoms with Crippen molar-refractivity contribution in [2.75, 3.05) is 0 Å². The predicted octanol–water partition coefficient (Wildman–Crippen LogP) is 2.74. The summed E-state index contributed by atoms with van der Waals surface area (Å²) in [5.41, 5.74) is 4.75. The highest BCUT2D eigenvalue weighted by molar-refractivity contribution is 5.85. The third kappa shape index (κ3) is 4.37. The summed E-state index contributed by atoms with van der Waals surface area (Å²) < 4.78 is 38.7. The monoisotopic (exact) mass is 280 g/mol. The first-order valence-electron chi connectivity index (χ1n) is 6.85. The molecule has 0 spiro atoms. The van der Waals surface area contributed by atoms with E-state index in [2.05, 4.69) is 5.32 Å². The molecule has 3 nitrogen and oxygen atoms in total. The van der Waals surface area contributed by atoms with Gasteiger partial charge in [0.25, 0.3) is 0 Å². The van der Waals surface area contributed by atoms with E-state index in [4.69, 9.17) is 5.73 Å². The molecule has 1 rings (SSSR count). The van der Waals surface area contributed by atoms with E-state index in [1.807, 2.05) is 6.92 Å². The summed E-state index contributed by atoms with van der Waals surface area (Å²) in [6.07, 6.45) is -1.34. The summed E-state index contributed by atoms with van der Waals surface area (Å²) in [7, 11) is 0. The highest BCUT2D eigenvalue weighted by Gasteiger charge is 2.46. The molecule has 1 fully saturated rings. The Bertz CT molecular complexity index is 316. The Morgan fingerprint density at radius 3 is 2.42 bits per heavy atom. The smallest absolute Gasteiger partial charge is 0.351 e. The Balaban J connectivity index is 2.70. The highest BCUT2D eigenvalue weighted by atomic mass is 19.4. The quantitative estimate of drug-likeness (QED) is 0.832. The van der Waals surface area contributed by atoms with Gasteiger partial charge >= 0.3 is 6.18 Å². The third-order valence-corrected chi connectivity index (χ3v) is 3.79. The average molecular weight is 280 g/mol. The molecule has 1 aliphatic carbocycles. The number of hydrogen-bond donors (Lipinski definition) is 2. The van der Waals surface area contributed by atoms with Crippen LogP contribution in [0.25, 0.3) is 0 Å².